The number of carbonyl (C=O) groups excluding carboxylic acids is 1. The van der Waals surface area contributed by atoms with Crippen LogP contribution in [0.3, 0.4) is 0 Å². The Bertz CT molecular complexity index is 523. The normalized spacial score (nSPS) is 23.1. The summed E-state index contributed by atoms with van der Waals surface area (Å²) in [5, 5.41) is 2.83. The Morgan fingerprint density at radius 1 is 1.61 bits per heavy atom. The SMILES string of the molecule is O=CC1=C2C[C@H](NS)CN2C(c2nccs2)=NC1. The lowest BCUT2D eigenvalue weighted by Gasteiger charge is -2.25. The summed E-state index contributed by atoms with van der Waals surface area (Å²) < 4.78 is 2.96. The molecule has 0 saturated carbocycles. The zero-order valence-corrected chi connectivity index (χ0v) is 11.2. The molecule has 0 spiro atoms. The van der Waals surface area contributed by atoms with E-state index >= 15 is 0 Å². The Kier molecular flexibility index (Phi) is 3.19. The van der Waals surface area contributed by atoms with E-state index in [9.17, 15) is 4.79 Å². The van der Waals surface area contributed by atoms with Crippen LogP contribution < -0.4 is 4.72 Å². The maximum atomic E-state index is 11.1. The topological polar surface area (TPSA) is 57.6 Å². The third kappa shape index (κ3) is 1.88. The van der Waals surface area contributed by atoms with Gasteiger partial charge in [0.15, 0.2) is 10.8 Å². The number of rotatable bonds is 3. The highest BCUT2D eigenvalue weighted by molar-refractivity contribution is 7.78. The second-order valence-electron chi connectivity index (χ2n) is 4.21. The third-order valence-corrected chi connectivity index (χ3v) is 4.28. The second-order valence-corrected chi connectivity index (χ2v) is 5.36. The van der Waals surface area contributed by atoms with Crippen molar-refractivity contribution in [2.24, 2.45) is 4.99 Å². The number of aldehydes is 1. The molecule has 7 heteroatoms. The largest absolute Gasteiger partial charge is 0.326 e. The average Bonchev–Trinajstić information content (AvgIpc) is 3.06. The molecule has 0 aliphatic carbocycles. The molecule has 5 nitrogen and oxygen atoms in total. The molecule has 94 valence electrons. The van der Waals surface area contributed by atoms with Crippen LogP contribution in [0.5, 0.6) is 0 Å². The van der Waals surface area contributed by atoms with Gasteiger partial charge >= 0.3 is 0 Å². The van der Waals surface area contributed by atoms with Gasteiger partial charge in [0.25, 0.3) is 0 Å². The molecule has 0 unspecified atom stereocenters. The van der Waals surface area contributed by atoms with Gasteiger partial charge in [0.1, 0.15) is 6.29 Å². The van der Waals surface area contributed by atoms with Crippen LogP contribution in [0.1, 0.15) is 11.4 Å². The Hall–Kier alpha value is -1.18. The minimum atomic E-state index is 0.238. The molecule has 0 aromatic carbocycles. The monoisotopic (exact) mass is 280 g/mol. The first kappa shape index (κ1) is 11.9. The number of amidine groups is 1. The summed E-state index contributed by atoms with van der Waals surface area (Å²) in [6.45, 7) is 1.22. The highest BCUT2D eigenvalue weighted by Gasteiger charge is 2.34. The first-order valence-corrected chi connectivity index (χ1v) is 6.95. The molecule has 1 fully saturated rings. The molecular weight excluding hydrogens is 268 g/mol. The van der Waals surface area contributed by atoms with E-state index in [0.29, 0.717) is 6.54 Å². The van der Waals surface area contributed by atoms with Crippen LogP contribution in [0.15, 0.2) is 27.8 Å². The van der Waals surface area contributed by atoms with Crippen LogP contribution in [0.2, 0.25) is 0 Å². The van der Waals surface area contributed by atoms with Gasteiger partial charge in [-0.25, -0.2) is 4.98 Å². The number of hydrogen-bond acceptors (Lipinski definition) is 7. The molecule has 1 atom stereocenters. The summed E-state index contributed by atoms with van der Waals surface area (Å²) in [6.07, 6.45) is 3.49. The minimum Gasteiger partial charge on any atom is -0.326 e. The van der Waals surface area contributed by atoms with E-state index in [1.165, 1.54) is 0 Å². The Morgan fingerprint density at radius 3 is 3.17 bits per heavy atom. The number of hydrogen-bond donors (Lipinski definition) is 2. The van der Waals surface area contributed by atoms with E-state index in [2.05, 4.69) is 32.4 Å². The van der Waals surface area contributed by atoms with Crippen LogP contribution >= 0.6 is 24.2 Å². The van der Waals surface area contributed by atoms with Gasteiger partial charge in [-0.05, 0) is 0 Å². The Morgan fingerprint density at radius 2 is 2.50 bits per heavy atom. The van der Waals surface area contributed by atoms with Crippen molar-refractivity contribution in [2.45, 2.75) is 12.5 Å². The summed E-state index contributed by atoms with van der Waals surface area (Å²) in [5.74, 6) is 0.872. The molecule has 0 amide bonds. The number of aliphatic imine (C=N–C) groups is 1. The molecule has 3 rings (SSSR count). The van der Waals surface area contributed by atoms with Crippen molar-refractivity contribution in [1.29, 1.82) is 0 Å². The number of nitrogens with zero attached hydrogens (tertiary/aromatic N) is 3. The number of thiol groups is 1. The molecule has 0 bridgehead atoms. The molecule has 2 aliphatic rings. The van der Waals surface area contributed by atoms with Crippen molar-refractivity contribution < 1.29 is 4.79 Å². The molecule has 1 aromatic heterocycles. The fourth-order valence-electron chi connectivity index (χ4n) is 2.30. The first-order valence-electron chi connectivity index (χ1n) is 5.62. The molecule has 1 aromatic rings. The highest BCUT2D eigenvalue weighted by atomic mass is 32.1. The van der Waals surface area contributed by atoms with Gasteiger partial charge in [-0.15, -0.1) is 11.3 Å². The van der Waals surface area contributed by atoms with E-state index in [4.69, 9.17) is 0 Å². The maximum Gasteiger partial charge on any atom is 0.165 e. The van der Waals surface area contributed by atoms with Crippen molar-refractivity contribution >= 4 is 36.3 Å². The maximum absolute atomic E-state index is 11.1. The van der Waals surface area contributed by atoms with Crippen LogP contribution in [0, 0.1) is 0 Å². The summed E-state index contributed by atoms with van der Waals surface area (Å²) in [6, 6.07) is 0.238. The van der Waals surface area contributed by atoms with E-state index in [1.54, 1.807) is 17.5 Å². The van der Waals surface area contributed by atoms with E-state index in [1.807, 2.05) is 5.38 Å². The van der Waals surface area contributed by atoms with E-state index in [0.717, 1.165) is 41.4 Å². The fraction of sp³-hybridized carbons (Fsp3) is 0.364. The predicted octanol–water partition coefficient (Wildman–Crippen LogP) is 0.865. The van der Waals surface area contributed by atoms with Crippen LogP contribution in [-0.2, 0) is 4.79 Å². The summed E-state index contributed by atoms with van der Waals surface area (Å²) in [7, 11) is 0. The first-order chi connectivity index (χ1) is 8.83. The van der Waals surface area contributed by atoms with Crippen molar-refractivity contribution in [3.05, 3.63) is 27.9 Å². The summed E-state index contributed by atoms with van der Waals surface area (Å²) >= 11 is 5.68. The van der Waals surface area contributed by atoms with Crippen molar-refractivity contribution in [3.8, 4) is 0 Å². The van der Waals surface area contributed by atoms with Gasteiger partial charge in [0, 0.05) is 41.9 Å². The number of nitrogens with one attached hydrogen (secondary N) is 1. The molecule has 18 heavy (non-hydrogen) atoms. The highest BCUT2D eigenvalue weighted by Crippen LogP contribution is 2.30. The molecule has 1 N–H and O–H groups in total. The zero-order chi connectivity index (χ0) is 12.5. The number of thiazole rings is 1. The molecule has 3 heterocycles. The average molecular weight is 280 g/mol. The molecule has 1 saturated heterocycles. The van der Waals surface area contributed by atoms with Gasteiger partial charge in [-0.3, -0.25) is 14.5 Å². The fourth-order valence-corrected chi connectivity index (χ4v) is 3.13. The second kappa shape index (κ2) is 4.83. The van der Waals surface area contributed by atoms with Gasteiger partial charge in [-0.1, -0.05) is 12.8 Å². The lowest BCUT2D eigenvalue weighted by molar-refractivity contribution is -0.105. The van der Waals surface area contributed by atoms with Crippen molar-refractivity contribution in [1.82, 2.24) is 14.6 Å². The smallest absolute Gasteiger partial charge is 0.165 e. The standard InChI is InChI=1S/C11H12N4OS2/c16-6-7-4-13-10(11-12-1-2-18-11)15-5-8(14-17)3-9(7)15/h1-2,6,8,14,17H,3-5H2/t8-/m0/s1. The van der Waals surface area contributed by atoms with Gasteiger partial charge in [0.05, 0.1) is 6.54 Å². The van der Waals surface area contributed by atoms with Gasteiger partial charge in [0.2, 0.25) is 0 Å². The zero-order valence-electron chi connectivity index (χ0n) is 9.54. The van der Waals surface area contributed by atoms with Crippen molar-refractivity contribution in [3.63, 3.8) is 0 Å². The van der Waals surface area contributed by atoms with Crippen LogP contribution in [0.4, 0.5) is 0 Å². The van der Waals surface area contributed by atoms with Crippen LogP contribution in [-0.4, -0.2) is 41.1 Å². The quantitative estimate of drug-likeness (QED) is 0.637. The van der Waals surface area contributed by atoms with Gasteiger partial charge < -0.3 is 4.90 Å². The molecular formula is C11H12N4OS2. The van der Waals surface area contributed by atoms with Crippen molar-refractivity contribution in [2.75, 3.05) is 13.1 Å². The number of carbonyl (C=O) groups is 1. The molecule has 0 radical (unpaired) electrons. The predicted molar refractivity (Wildman–Crippen MR) is 73.8 cm³/mol. The van der Waals surface area contributed by atoms with Gasteiger partial charge in [-0.2, -0.15) is 0 Å². The number of fused-ring (bicyclic) bond motifs is 1. The Labute approximate surface area is 114 Å². The summed E-state index contributed by atoms with van der Waals surface area (Å²) in [4.78, 5) is 21.9. The summed E-state index contributed by atoms with van der Waals surface area (Å²) in [5.41, 5.74) is 1.82. The van der Waals surface area contributed by atoms with Crippen LogP contribution in [0.25, 0.3) is 0 Å². The lowest BCUT2D eigenvalue weighted by atomic mass is 10.1. The lowest BCUT2D eigenvalue weighted by Crippen LogP contribution is -2.34. The number of aromatic nitrogens is 1. The van der Waals surface area contributed by atoms with E-state index in [-0.39, 0.29) is 6.04 Å². The Balaban J connectivity index is 1.97. The third-order valence-electron chi connectivity index (χ3n) is 3.14. The molecule has 2 aliphatic heterocycles. The van der Waals surface area contributed by atoms with E-state index < -0.39 is 0 Å². The minimum absolute atomic E-state index is 0.238.